The van der Waals surface area contributed by atoms with Crippen molar-refractivity contribution < 1.29 is 9.53 Å². The van der Waals surface area contributed by atoms with E-state index >= 15 is 0 Å². The summed E-state index contributed by atoms with van der Waals surface area (Å²) in [6, 6.07) is 7.32. The number of hydrogen-bond donors (Lipinski definition) is 0. The smallest absolute Gasteiger partial charge is 0.342 e. The van der Waals surface area contributed by atoms with Crippen LogP contribution < -0.4 is 5.56 Å². The van der Waals surface area contributed by atoms with Crippen molar-refractivity contribution in [3.8, 4) is 5.82 Å². The molecule has 0 bridgehead atoms. The summed E-state index contributed by atoms with van der Waals surface area (Å²) >= 11 is 1.35. The molecule has 5 rings (SSSR count). The molecule has 0 saturated carbocycles. The van der Waals surface area contributed by atoms with E-state index < -0.39 is 5.97 Å². The average molecular weight is 435 g/mol. The molecule has 5 aromatic heterocycles. The molecule has 0 N–H and O–H groups in total. The van der Waals surface area contributed by atoms with E-state index in [-0.39, 0.29) is 12.2 Å². The molecule has 0 saturated heterocycles. The van der Waals surface area contributed by atoms with Gasteiger partial charge in [-0.25, -0.2) is 14.5 Å². The van der Waals surface area contributed by atoms with Gasteiger partial charge in [0.1, 0.15) is 10.3 Å². The summed E-state index contributed by atoms with van der Waals surface area (Å²) in [7, 11) is 1.64. The predicted octanol–water partition coefficient (Wildman–Crippen LogP) is 2.14. The van der Waals surface area contributed by atoms with E-state index in [9.17, 15) is 9.59 Å². The maximum absolute atomic E-state index is 12.8. The fourth-order valence-corrected chi connectivity index (χ4v) is 4.37. The van der Waals surface area contributed by atoms with Gasteiger partial charge in [0.05, 0.1) is 17.4 Å². The summed E-state index contributed by atoms with van der Waals surface area (Å²) in [6.07, 6.45) is 3.73. The molecule has 0 aliphatic rings. The van der Waals surface area contributed by atoms with Gasteiger partial charge < -0.3 is 4.74 Å². The topological polar surface area (TPSA) is 109 Å². The minimum atomic E-state index is -0.512. The summed E-state index contributed by atoms with van der Waals surface area (Å²) in [6.45, 7) is 1.84. The van der Waals surface area contributed by atoms with Gasteiger partial charge >= 0.3 is 5.97 Å². The molecule has 11 heteroatoms. The molecule has 0 unspecified atom stereocenters. The Morgan fingerprint density at radius 1 is 1.23 bits per heavy atom. The molecular weight excluding hydrogens is 418 g/mol. The van der Waals surface area contributed by atoms with Gasteiger partial charge in [0.2, 0.25) is 5.78 Å². The van der Waals surface area contributed by atoms with Crippen LogP contribution in [0.3, 0.4) is 0 Å². The van der Waals surface area contributed by atoms with Crippen LogP contribution in [0.25, 0.3) is 21.8 Å². The minimum Gasteiger partial charge on any atom is -0.454 e. The number of thiophene rings is 1. The first-order chi connectivity index (χ1) is 15.1. The van der Waals surface area contributed by atoms with Crippen molar-refractivity contribution in [3.05, 3.63) is 69.5 Å². The molecule has 0 amide bonds. The maximum Gasteiger partial charge on any atom is 0.342 e. The Hall–Kier alpha value is -3.86. The lowest BCUT2D eigenvalue weighted by Gasteiger charge is -2.08. The number of aryl methyl sites for hydroxylation is 1. The van der Waals surface area contributed by atoms with E-state index in [0.29, 0.717) is 45.3 Å². The number of carbonyl (C=O) groups excluding carboxylic acids is 1. The predicted molar refractivity (Wildman–Crippen MR) is 113 cm³/mol. The second kappa shape index (κ2) is 7.43. The summed E-state index contributed by atoms with van der Waals surface area (Å²) in [5.74, 6) is 0.932. The van der Waals surface area contributed by atoms with Gasteiger partial charge in [-0.3, -0.25) is 13.8 Å². The Kier molecular flexibility index (Phi) is 4.59. The number of ether oxygens (including phenoxy) is 1. The number of carbonyl (C=O) groups is 1. The zero-order chi connectivity index (χ0) is 21.5. The third-order valence-corrected chi connectivity index (χ3v) is 5.91. The van der Waals surface area contributed by atoms with Gasteiger partial charge in [0, 0.05) is 13.2 Å². The third kappa shape index (κ3) is 3.01. The van der Waals surface area contributed by atoms with Crippen LogP contribution in [0.5, 0.6) is 0 Å². The van der Waals surface area contributed by atoms with Crippen LogP contribution in [0.15, 0.2) is 46.8 Å². The highest BCUT2D eigenvalue weighted by molar-refractivity contribution is 7.17. The molecule has 0 fully saturated rings. The number of fused-ring (bicyclic) bond motifs is 3. The number of rotatable bonds is 5. The molecule has 0 aliphatic carbocycles. The summed E-state index contributed by atoms with van der Waals surface area (Å²) in [4.78, 5) is 29.6. The summed E-state index contributed by atoms with van der Waals surface area (Å²) < 4.78 is 10.9. The Morgan fingerprint density at radius 3 is 2.87 bits per heavy atom. The minimum absolute atomic E-state index is 0.0962. The van der Waals surface area contributed by atoms with Crippen molar-refractivity contribution in [2.24, 2.45) is 7.05 Å². The lowest BCUT2D eigenvalue weighted by atomic mass is 10.2. The van der Waals surface area contributed by atoms with Crippen LogP contribution in [-0.4, -0.2) is 39.9 Å². The second-order valence-electron chi connectivity index (χ2n) is 6.79. The molecule has 5 heterocycles. The van der Waals surface area contributed by atoms with Gasteiger partial charge in [0.25, 0.3) is 5.56 Å². The molecule has 10 nitrogen and oxygen atoms in total. The summed E-state index contributed by atoms with van der Waals surface area (Å²) in [5, 5.41) is 14.4. The number of nitrogens with zero attached hydrogens (tertiary/aromatic N) is 7. The van der Waals surface area contributed by atoms with Crippen LogP contribution >= 0.6 is 11.3 Å². The highest BCUT2D eigenvalue weighted by atomic mass is 32.1. The molecule has 0 spiro atoms. The van der Waals surface area contributed by atoms with Crippen molar-refractivity contribution in [2.45, 2.75) is 20.0 Å². The lowest BCUT2D eigenvalue weighted by Crippen LogP contribution is -2.19. The van der Waals surface area contributed by atoms with E-state index in [0.717, 1.165) is 0 Å². The van der Waals surface area contributed by atoms with Crippen molar-refractivity contribution in [3.63, 3.8) is 0 Å². The van der Waals surface area contributed by atoms with Crippen molar-refractivity contribution in [1.82, 2.24) is 33.9 Å². The van der Waals surface area contributed by atoms with Crippen molar-refractivity contribution in [1.29, 1.82) is 0 Å². The van der Waals surface area contributed by atoms with Crippen LogP contribution in [0.4, 0.5) is 0 Å². The molecule has 0 aromatic carbocycles. The first kappa shape index (κ1) is 19.1. The Balaban J connectivity index is 1.46. The Labute approximate surface area is 179 Å². The van der Waals surface area contributed by atoms with Gasteiger partial charge in [-0.15, -0.1) is 21.5 Å². The monoisotopic (exact) mass is 435 g/mol. The second-order valence-corrected chi connectivity index (χ2v) is 7.70. The van der Waals surface area contributed by atoms with E-state index in [2.05, 4.69) is 20.3 Å². The van der Waals surface area contributed by atoms with Crippen molar-refractivity contribution >= 4 is 33.3 Å². The van der Waals surface area contributed by atoms with Gasteiger partial charge in [-0.2, -0.15) is 5.10 Å². The largest absolute Gasteiger partial charge is 0.454 e. The highest BCUT2D eigenvalue weighted by Crippen LogP contribution is 2.20. The van der Waals surface area contributed by atoms with Crippen LogP contribution in [0, 0.1) is 0 Å². The average Bonchev–Trinajstić information content (AvgIpc) is 3.53. The van der Waals surface area contributed by atoms with Crippen molar-refractivity contribution in [2.75, 3.05) is 0 Å². The molecule has 0 aliphatic heterocycles. The zero-order valence-electron chi connectivity index (χ0n) is 16.7. The number of pyridine rings is 1. The molecule has 31 heavy (non-hydrogen) atoms. The molecule has 0 radical (unpaired) electrons. The molecule has 0 atom stereocenters. The first-order valence-electron chi connectivity index (χ1n) is 9.55. The van der Waals surface area contributed by atoms with Gasteiger partial charge in [-0.1, -0.05) is 13.0 Å². The number of esters is 1. The fraction of sp³-hybridized carbons (Fsp3) is 0.200. The van der Waals surface area contributed by atoms with Gasteiger partial charge in [-0.05, 0) is 30.0 Å². The van der Waals surface area contributed by atoms with E-state index in [1.165, 1.54) is 22.1 Å². The van der Waals surface area contributed by atoms with E-state index in [1.54, 1.807) is 22.3 Å². The Bertz CT molecular complexity index is 1480. The van der Waals surface area contributed by atoms with E-state index in [1.807, 2.05) is 36.6 Å². The standard InChI is InChI=1S/C20H17N7O3S/c1-3-13-12(10-22-27(13)15-6-4-5-8-21-15)19(29)30-11-16-23-24-20-25(2)18(28)17-14(26(16)20)7-9-31-17/h4-10H,3,11H2,1-2H3. The number of hydrogen-bond acceptors (Lipinski definition) is 8. The molecule has 156 valence electrons. The normalized spacial score (nSPS) is 11.4. The van der Waals surface area contributed by atoms with Crippen LogP contribution in [-0.2, 0) is 24.8 Å². The van der Waals surface area contributed by atoms with Crippen LogP contribution in [0.1, 0.15) is 28.8 Å². The highest BCUT2D eigenvalue weighted by Gasteiger charge is 2.21. The third-order valence-electron chi connectivity index (χ3n) is 5.02. The fourth-order valence-electron chi connectivity index (χ4n) is 3.52. The van der Waals surface area contributed by atoms with Gasteiger partial charge in [0.15, 0.2) is 18.2 Å². The Morgan fingerprint density at radius 2 is 2.10 bits per heavy atom. The maximum atomic E-state index is 12.8. The molecule has 5 aromatic rings. The first-order valence-corrected chi connectivity index (χ1v) is 10.4. The summed E-state index contributed by atoms with van der Waals surface area (Å²) in [5.41, 5.74) is 1.63. The SMILES string of the molecule is CCc1c(C(=O)OCc2nnc3n(C)c(=O)c4sccc4n23)cnn1-c1ccccn1. The quantitative estimate of drug-likeness (QED) is 0.389. The van der Waals surface area contributed by atoms with E-state index in [4.69, 9.17) is 4.74 Å². The molecular formula is C20H17N7O3S. The van der Waals surface area contributed by atoms with Crippen LogP contribution in [0.2, 0.25) is 0 Å². The lowest BCUT2D eigenvalue weighted by molar-refractivity contribution is 0.0460. The number of aromatic nitrogens is 7. The zero-order valence-corrected chi connectivity index (χ0v) is 17.5.